The third-order valence-corrected chi connectivity index (χ3v) is 2.04. The second kappa shape index (κ2) is 13.8. The topological polar surface area (TPSA) is 83.2 Å². The van der Waals surface area contributed by atoms with Crippen molar-refractivity contribution in [3.63, 3.8) is 0 Å². The van der Waals surface area contributed by atoms with Gasteiger partial charge in [-0.2, -0.15) is 0 Å². The smallest absolute Gasteiger partial charge is 0.0701 e. The number of ether oxygens (including phenoxy) is 4. The second-order valence-corrected chi connectivity index (χ2v) is 3.56. The highest BCUT2D eigenvalue weighted by Crippen LogP contribution is 1.88. The van der Waals surface area contributed by atoms with Crippen molar-refractivity contribution >= 4 is 0 Å². The molecule has 0 aliphatic rings. The van der Waals surface area contributed by atoms with Gasteiger partial charge in [-0.15, -0.1) is 0 Å². The molecule has 0 aliphatic heterocycles. The van der Waals surface area contributed by atoms with Crippen molar-refractivity contribution in [1.82, 2.24) is 0 Å². The molecule has 17 heavy (non-hydrogen) atoms. The van der Waals surface area contributed by atoms with Crippen molar-refractivity contribution in [3.05, 3.63) is 0 Å². The SMILES string of the molecule is COCCOCCOCCOCCC(N)CO. The lowest BCUT2D eigenvalue weighted by Gasteiger charge is -2.09. The van der Waals surface area contributed by atoms with Crippen LogP contribution in [-0.2, 0) is 18.9 Å². The van der Waals surface area contributed by atoms with Crippen molar-refractivity contribution in [1.29, 1.82) is 0 Å². The fourth-order valence-corrected chi connectivity index (χ4v) is 1.01. The molecule has 0 bridgehead atoms. The summed E-state index contributed by atoms with van der Waals surface area (Å²) in [6, 6.07) is -0.190. The highest BCUT2D eigenvalue weighted by molar-refractivity contribution is 4.56. The monoisotopic (exact) mass is 251 g/mol. The van der Waals surface area contributed by atoms with E-state index in [1.54, 1.807) is 7.11 Å². The van der Waals surface area contributed by atoms with E-state index in [0.717, 1.165) is 0 Å². The van der Waals surface area contributed by atoms with Crippen LogP contribution in [0.15, 0.2) is 0 Å². The van der Waals surface area contributed by atoms with Gasteiger partial charge >= 0.3 is 0 Å². The molecule has 6 heteroatoms. The van der Waals surface area contributed by atoms with Gasteiger partial charge in [-0.25, -0.2) is 0 Å². The summed E-state index contributed by atoms with van der Waals surface area (Å²) in [7, 11) is 1.64. The summed E-state index contributed by atoms with van der Waals surface area (Å²) in [5.41, 5.74) is 5.51. The number of aliphatic hydroxyl groups excluding tert-OH is 1. The summed E-state index contributed by atoms with van der Waals surface area (Å²) in [5, 5.41) is 8.67. The summed E-state index contributed by atoms with van der Waals surface area (Å²) >= 11 is 0. The Hall–Kier alpha value is -0.240. The Morgan fingerprint density at radius 1 is 0.882 bits per heavy atom. The largest absolute Gasteiger partial charge is 0.395 e. The third-order valence-electron chi connectivity index (χ3n) is 2.04. The van der Waals surface area contributed by atoms with Crippen LogP contribution in [0.5, 0.6) is 0 Å². The maximum absolute atomic E-state index is 8.67. The highest BCUT2D eigenvalue weighted by atomic mass is 16.6. The van der Waals surface area contributed by atoms with Crippen molar-refractivity contribution < 1.29 is 24.1 Å². The van der Waals surface area contributed by atoms with E-state index in [-0.39, 0.29) is 12.6 Å². The number of hydrogen-bond acceptors (Lipinski definition) is 6. The van der Waals surface area contributed by atoms with Crippen LogP contribution in [0.4, 0.5) is 0 Å². The molecule has 0 aromatic rings. The van der Waals surface area contributed by atoms with E-state index in [1.807, 2.05) is 0 Å². The Balaban J connectivity index is 2.94. The lowest BCUT2D eigenvalue weighted by molar-refractivity contribution is 0.00252. The molecule has 0 saturated carbocycles. The van der Waals surface area contributed by atoms with Gasteiger partial charge in [-0.3, -0.25) is 0 Å². The van der Waals surface area contributed by atoms with Gasteiger partial charge in [0.2, 0.25) is 0 Å². The minimum Gasteiger partial charge on any atom is -0.395 e. The maximum atomic E-state index is 8.67. The number of rotatable bonds is 13. The van der Waals surface area contributed by atoms with E-state index in [2.05, 4.69) is 0 Å². The molecule has 104 valence electrons. The summed E-state index contributed by atoms with van der Waals surface area (Å²) < 4.78 is 20.6. The van der Waals surface area contributed by atoms with E-state index < -0.39 is 0 Å². The van der Waals surface area contributed by atoms with Crippen molar-refractivity contribution in [2.45, 2.75) is 12.5 Å². The molecule has 1 atom stereocenters. The summed E-state index contributed by atoms with van der Waals surface area (Å²) in [4.78, 5) is 0. The van der Waals surface area contributed by atoms with Crippen LogP contribution in [0.25, 0.3) is 0 Å². The highest BCUT2D eigenvalue weighted by Gasteiger charge is 1.99. The van der Waals surface area contributed by atoms with E-state index in [9.17, 15) is 0 Å². The Kier molecular flexibility index (Phi) is 13.6. The molecule has 0 amide bonds. The van der Waals surface area contributed by atoms with Gasteiger partial charge in [-0.05, 0) is 6.42 Å². The zero-order chi connectivity index (χ0) is 12.8. The standard InChI is InChI=1S/C11H25NO5/c1-14-4-5-16-8-9-17-7-6-15-3-2-11(12)10-13/h11,13H,2-10,12H2,1H3. The molecule has 6 nitrogen and oxygen atoms in total. The summed E-state index contributed by atoms with van der Waals surface area (Å²) in [6.45, 7) is 3.96. The first kappa shape index (κ1) is 16.8. The molecule has 3 N–H and O–H groups in total. The predicted molar refractivity (Wildman–Crippen MR) is 64.0 cm³/mol. The Labute approximate surface area is 103 Å². The number of methoxy groups -OCH3 is 1. The molecule has 0 heterocycles. The average Bonchev–Trinajstić information content (AvgIpc) is 2.35. The van der Waals surface area contributed by atoms with Crippen LogP contribution in [0.3, 0.4) is 0 Å². The Morgan fingerprint density at radius 2 is 1.35 bits per heavy atom. The first-order valence-corrected chi connectivity index (χ1v) is 5.90. The molecule has 0 aromatic carbocycles. The van der Waals surface area contributed by atoms with E-state index in [4.69, 9.17) is 29.8 Å². The molecule has 0 saturated heterocycles. The molecule has 0 fully saturated rings. The lowest BCUT2D eigenvalue weighted by Crippen LogP contribution is -2.26. The molecular weight excluding hydrogens is 226 g/mol. The van der Waals surface area contributed by atoms with Gasteiger partial charge in [0.15, 0.2) is 0 Å². The maximum Gasteiger partial charge on any atom is 0.0701 e. The second-order valence-electron chi connectivity index (χ2n) is 3.56. The first-order valence-electron chi connectivity index (χ1n) is 5.90. The van der Waals surface area contributed by atoms with Crippen molar-refractivity contribution in [2.75, 3.05) is 60.0 Å². The predicted octanol–water partition coefficient (Wildman–Crippen LogP) is -0.608. The van der Waals surface area contributed by atoms with Gasteiger partial charge in [0.1, 0.15) is 0 Å². The zero-order valence-corrected chi connectivity index (χ0v) is 10.6. The molecule has 0 aromatic heterocycles. The van der Waals surface area contributed by atoms with Crippen molar-refractivity contribution in [2.24, 2.45) is 5.73 Å². The van der Waals surface area contributed by atoms with Crippen LogP contribution in [0.2, 0.25) is 0 Å². The Bertz CT molecular complexity index is 148. The Morgan fingerprint density at radius 3 is 1.82 bits per heavy atom. The number of nitrogens with two attached hydrogens (primary N) is 1. The average molecular weight is 251 g/mol. The fraction of sp³-hybridized carbons (Fsp3) is 1.00. The third kappa shape index (κ3) is 13.7. The quantitative estimate of drug-likeness (QED) is 0.425. The van der Waals surface area contributed by atoms with Gasteiger partial charge in [-0.1, -0.05) is 0 Å². The number of hydrogen-bond donors (Lipinski definition) is 2. The van der Waals surface area contributed by atoms with Gasteiger partial charge in [0, 0.05) is 19.8 Å². The van der Waals surface area contributed by atoms with Crippen LogP contribution >= 0.6 is 0 Å². The molecule has 0 rings (SSSR count). The lowest BCUT2D eigenvalue weighted by atomic mass is 10.2. The van der Waals surface area contributed by atoms with Crippen LogP contribution in [-0.4, -0.2) is 71.1 Å². The van der Waals surface area contributed by atoms with Crippen LogP contribution in [0, 0.1) is 0 Å². The normalized spacial score (nSPS) is 12.9. The number of aliphatic hydroxyl groups is 1. The molecule has 0 spiro atoms. The minimum atomic E-state index is -0.190. The van der Waals surface area contributed by atoms with Crippen LogP contribution in [0.1, 0.15) is 6.42 Å². The van der Waals surface area contributed by atoms with E-state index >= 15 is 0 Å². The first-order chi connectivity index (χ1) is 8.31. The van der Waals surface area contributed by atoms with E-state index in [1.165, 1.54) is 0 Å². The molecule has 0 radical (unpaired) electrons. The molecule has 0 aliphatic carbocycles. The van der Waals surface area contributed by atoms with Gasteiger partial charge in [0.05, 0.1) is 46.2 Å². The fourth-order valence-electron chi connectivity index (χ4n) is 1.01. The molecular formula is C11H25NO5. The summed E-state index contributed by atoms with van der Waals surface area (Å²) in [6.07, 6.45) is 0.663. The zero-order valence-electron chi connectivity index (χ0n) is 10.6. The minimum absolute atomic E-state index is 0.00132. The van der Waals surface area contributed by atoms with Crippen molar-refractivity contribution in [3.8, 4) is 0 Å². The van der Waals surface area contributed by atoms with Crippen LogP contribution < -0.4 is 5.73 Å². The van der Waals surface area contributed by atoms with Gasteiger partial charge < -0.3 is 29.8 Å². The molecule has 1 unspecified atom stereocenters. The summed E-state index contributed by atoms with van der Waals surface area (Å²) in [5.74, 6) is 0. The van der Waals surface area contributed by atoms with E-state index in [0.29, 0.717) is 52.7 Å². The van der Waals surface area contributed by atoms with Gasteiger partial charge in [0.25, 0.3) is 0 Å².